The van der Waals surface area contributed by atoms with Crippen molar-refractivity contribution in [3.8, 4) is 0 Å². The number of amides is 3. The van der Waals surface area contributed by atoms with Crippen LogP contribution < -0.4 is 27.6 Å². The highest BCUT2D eigenvalue weighted by molar-refractivity contribution is 5.95. The number of hydrogen-bond donors (Lipinski definition) is 8. The van der Waals surface area contributed by atoms with Crippen LogP contribution in [-0.4, -0.2) is 103 Å². The van der Waals surface area contributed by atoms with E-state index in [4.69, 9.17) is 19.9 Å². The summed E-state index contributed by atoms with van der Waals surface area (Å²) in [5, 5.41) is 46.8. The largest absolute Gasteiger partial charge is 0.456 e. The van der Waals surface area contributed by atoms with Gasteiger partial charge in [0.05, 0.1) is 0 Å². The normalized spacial score (nSPS) is 33.7. The average Bonchev–Trinajstić information content (AvgIpc) is 3.02. The summed E-state index contributed by atoms with van der Waals surface area (Å²) in [6.07, 6.45) is -10.7. The van der Waals surface area contributed by atoms with Crippen LogP contribution in [0, 0.1) is 0 Å². The molecule has 3 aliphatic heterocycles. The first-order chi connectivity index (χ1) is 18.5. The van der Waals surface area contributed by atoms with Crippen molar-refractivity contribution in [2.24, 2.45) is 5.73 Å². The highest BCUT2D eigenvalue weighted by Crippen LogP contribution is 2.32. The number of nitrogens with zero attached hydrogens (tertiary/aromatic N) is 1. The first-order valence-corrected chi connectivity index (χ1v) is 12.1. The third-order valence-corrected chi connectivity index (χ3v) is 6.52. The fourth-order valence-corrected chi connectivity index (χ4v) is 4.44. The molecule has 3 amide bonds. The van der Waals surface area contributed by atoms with Crippen molar-refractivity contribution in [3.05, 3.63) is 44.9 Å². The molecule has 9 N–H and O–H groups in total. The summed E-state index contributed by atoms with van der Waals surface area (Å²) in [6, 6.07) is 0.0906. The molecule has 17 nitrogen and oxygen atoms in total. The molecule has 0 bridgehead atoms. The Balaban J connectivity index is 1.50. The van der Waals surface area contributed by atoms with Gasteiger partial charge in [-0.2, -0.15) is 0 Å². The van der Waals surface area contributed by atoms with Gasteiger partial charge in [0.25, 0.3) is 11.5 Å². The van der Waals surface area contributed by atoms with E-state index in [-0.39, 0.29) is 0 Å². The smallest absolute Gasteiger partial charge is 0.330 e. The first-order valence-electron chi connectivity index (χ1n) is 12.1. The van der Waals surface area contributed by atoms with Crippen LogP contribution in [0.25, 0.3) is 0 Å². The van der Waals surface area contributed by atoms with Gasteiger partial charge in [0.1, 0.15) is 36.6 Å². The number of nitrogens with two attached hydrogens (primary N) is 1. The lowest BCUT2D eigenvalue weighted by Gasteiger charge is -2.34. The molecule has 17 heteroatoms. The van der Waals surface area contributed by atoms with Gasteiger partial charge in [-0.3, -0.25) is 28.7 Å². The van der Waals surface area contributed by atoms with Crippen molar-refractivity contribution in [2.45, 2.75) is 74.4 Å². The Hall–Kier alpha value is -3.61. The molecule has 4 heterocycles. The fraction of sp³-hybridized carbons (Fsp3) is 0.591. The number of H-pyrrole nitrogens is 1. The number of rotatable bonds is 7. The summed E-state index contributed by atoms with van der Waals surface area (Å²) in [5.74, 6) is -3.08. The van der Waals surface area contributed by atoms with Crippen LogP contribution >= 0.6 is 0 Å². The van der Waals surface area contributed by atoms with E-state index < -0.39 is 89.9 Å². The minimum atomic E-state index is -1.93. The van der Waals surface area contributed by atoms with Crippen molar-refractivity contribution in [1.82, 2.24) is 20.2 Å². The summed E-state index contributed by atoms with van der Waals surface area (Å²) in [6.45, 7) is 0.460. The molecule has 0 aromatic carbocycles. The number of carbonyl (C=O) groups is 3. The Kier molecular flexibility index (Phi) is 8.48. The van der Waals surface area contributed by atoms with Gasteiger partial charge in [0.15, 0.2) is 18.1 Å². The SMILES string of the molecule is NC(=O)[C@H](O[C@H]1OC(C(=O)N[C@H]2CCCCNC2=O)=C[C@H](O)[C@@H]1O)[C@H]1O[C@@H](n2ccc(=O)[nH]c2=O)C(O)C1O. The predicted molar refractivity (Wildman–Crippen MR) is 125 cm³/mol. The van der Waals surface area contributed by atoms with Crippen LogP contribution in [0.15, 0.2) is 33.7 Å². The number of nitrogens with one attached hydrogen (secondary N) is 3. The third kappa shape index (κ3) is 6.02. The number of primary amides is 1. The lowest BCUT2D eigenvalue weighted by molar-refractivity contribution is -0.240. The molecule has 4 rings (SSSR count). The molecular weight excluding hydrogens is 526 g/mol. The molecule has 1 aromatic rings. The maximum atomic E-state index is 12.8. The molecule has 39 heavy (non-hydrogen) atoms. The summed E-state index contributed by atoms with van der Waals surface area (Å²) in [7, 11) is 0. The van der Waals surface area contributed by atoms with Crippen LogP contribution in [0.4, 0.5) is 0 Å². The van der Waals surface area contributed by atoms with E-state index >= 15 is 0 Å². The molecule has 2 saturated heterocycles. The molecule has 0 saturated carbocycles. The van der Waals surface area contributed by atoms with Gasteiger partial charge in [0, 0.05) is 18.8 Å². The molecule has 0 spiro atoms. The minimum absolute atomic E-state index is 0.360. The molecule has 0 aliphatic carbocycles. The van der Waals surface area contributed by atoms with E-state index in [9.17, 15) is 44.4 Å². The van der Waals surface area contributed by atoms with Gasteiger partial charge in [0.2, 0.25) is 18.1 Å². The van der Waals surface area contributed by atoms with Crippen molar-refractivity contribution in [3.63, 3.8) is 0 Å². The third-order valence-electron chi connectivity index (χ3n) is 6.52. The summed E-state index contributed by atoms with van der Waals surface area (Å²) in [4.78, 5) is 62.6. The molecule has 2 unspecified atom stereocenters. The maximum absolute atomic E-state index is 12.8. The van der Waals surface area contributed by atoms with Crippen molar-refractivity contribution >= 4 is 17.7 Å². The molecule has 2 fully saturated rings. The number of hydrogen-bond acceptors (Lipinski definition) is 12. The summed E-state index contributed by atoms with van der Waals surface area (Å²) >= 11 is 0. The zero-order valence-corrected chi connectivity index (χ0v) is 20.3. The topological polar surface area (TPSA) is 265 Å². The highest BCUT2D eigenvalue weighted by Gasteiger charge is 2.51. The van der Waals surface area contributed by atoms with Crippen LogP contribution in [0.3, 0.4) is 0 Å². The highest BCUT2D eigenvalue weighted by atomic mass is 16.7. The molecule has 3 aliphatic rings. The zero-order valence-electron chi connectivity index (χ0n) is 20.3. The number of aromatic nitrogens is 2. The van der Waals surface area contributed by atoms with Crippen molar-refractivity contribution < 1.29 is 49.0 Å². The summed E-state index contributed by atoms with van der Waals surface area (Å²) < 4.78 is 17.1. The Labute approximate surface area is 219 Å². The van der Waals surface area contributed by atoms with Crippen LogP contribution in [0.5, 0.6) is 0 Å². The Morgan fingerprint density at radius 1 is 1.13 bits per heavy atom. The van der Waals surface area contributed by atoms with Gasteiger partial charge in [-0.1, -0.05) is 0 Å². The number of aromatic amines is 1. The van der Waals surface area contributed by atoms with Crippen molar-refractivity contribution in [2.75, 3.05) is 6.54 Å². The van der Waals surface area contributed by atoms with Crippen LogP contribution in [0.2, 0.25) is 0 Å². The average molecular weight is 555 g/mol. The second kappa shape index (κ2) is 11.6. The van der Waals surface area contributed by atoms with Gasteiger partial charge in [-0.05, 0) is 25.3 Å². The number of ether oxygens (including phenoxy) is 3. The predicted octanol–water partition coefficient (Wildman–Crippen LogP) is -5.23. The first kappa shape index (κ1) is 28.4. The van der Waals surface area contributed by atoms with E-state index in [2.05, 4.69) is 10.6 Å². The number of carbonyl (C=O) groups excluding carboxylic acids is 3. The molecule has 0 radical (unpaired) electrons. The van der Waals surface area contributed by atoms with E-state index in [1.54, 1.807) is 0 Å². The van der Waals surface area contributed by atoms with Gasteiger partial charge >= 0.3 is 5.69 Å². The Morgan fingerprint density at radius 3 is 2.56 bits per heavy atom. The lowest BCUT2D eigenvalue weighted by Crippen LogP contribution is -2.54. The minimum Gasteiger partial charge on any atom is -0.456 e. The van der Waals surface area contributed by atoms with Crippen LogP contribution in [-0.2, 0) is 28.6 Å². The van der Waals surface area contributed by atoms with Crippen molar-refractivity contribution in [1.29, 1.82) is 0 Å². The van der Waals surface area contributed by atoms with E-state index in [0.29, 0.717) is 19.4 Å². The molecular formula is C22H29N5O12. The standard InChI is InChI=1S/C22H29N5O12/c23-17(33)16(15-13(31)14(32)20(38-15)27-6-4-11(29)26-22(27)36)39-21-12(30)9(28)7-10(37-21)19(35)25-8-3-1-2-5-24-18(8)34/h4,6-9,12-16,20-21,28,30-32H,1-3,5H2,(H2,23,33)(H,24,34)(H,25,35)(H,26,29,36)/t8-,9-,12-,13?,14?,15-,16+,20+,21+/m0/s1. The fourth-order valence-electron chi connectivity index (χ4n) is 4.44. The van der Waals surface area contributed by atoms with E-state index in [1.165, 1.54) is 0 Å². The van der Waals surface area contributed by atoms with E-state index in [1.807, 2.05) is 4.98 Å². The Morgan fingerprint density at radius 2 is 1.87 bits per heavy atom. The second-order valence-corrected chi connectivity index (χ2v) is 9.26. The number of aliphatic hydroxyl groups is 4. The second-order valence-electron chi connectivity index (χ2n) is 9.26. The zero-order chi connectivity index (χ0) is 28.4. The lowest BCUT2D eigenvalue weighted by atomic mass is 10.0. The van der Waals surface area contributed by atoms with Crippen LogP contribution in [0.1, 0.15) is 25.5 Å². The molecule has 9 atom stereocenters. The van der Waals surface area contributed by atoms with Gasteiger partial charge < -0.3 is 51.0 Å². The number of aliphatic hydroxyl groups excluding tert-OH is 4. The summed E-state index contributed by atoms with van der Waals surface area (Å²) in [5.41, 5.74) is 3.71. The molecule has 214 valence electrons. The monoisotopic (exact) mass is 555 g/mol. The van der Waals surface area contributed by atoms with Gasteiger partial charge in [-0.15, -0.1) is 0 Å². The quantitative estimate of drug-likeness (QED) is 0.157. The maximum Gasteiger partial charge on any atom is 0.330 e. The Bertz CT molecular complexity index is 1250. The van der Waals surface area contributed by atoms with E-state index in [0.717, 1.165) is 29.3 Å². The molecule has 1 aromatic heterocycles. The van der Waals surface area contributed by atoms with Gasteiger partial charge in [-0.25, -0.2) is 4.79 Å².